The first-order chi connectivity index (χ1) is 12.6. The maximum Gasteiger partial charge on any atom is 0.164 e. The van der Waals surface area contributed by atoms with Gasteiger partial charge in [0.1, 0.15) is 30.0 Å². The summed E-state index contributed by atoms with van der Waals surface area (Å²) < 4.78 is 7.50. The van der Waals surface area contributed by atoms with Crippen LogP contribution in [-0.2, 0) is 4.74 Å². The molecule has 0 amide bonds. The fourth-order valence-electron chi connectivity index (χ4n) is 3.71. The second-order valence-electron chi connectivity index (χ2n) is 6.58. The van der Waals surface area contributed by atoms with Gasteiger partial charge in [0.2, 0.25) is 0 Å². The maximum absolute atomic E-state index is 10.4. The Bertz CT molecular complexity index is 1090. The Morgan fingerprint density at radius 3 is 2.81 bits per heavy atom. The average molecular weight is 349 g/mol. The lowest BCUT2D eigenvalue weighted by Gasteiger charge is -2.18. The van der Waals surface area contributed by atoms with E-state index in [9.17, 15) is 10.2 Å². The lowest BCUT2D eigenvalue weighted by atomic mass is 9.99. The third-order valence-corrected chi connectivity index (χ3v) is 5.05. The predicted octanol–water partition coefficient (Wildman–Crippen LogP) is 1.67. The Morgan fingerprint density at radius 2 is 2.08 bits per heavy atom. The highest BCUT2D eigenvalue weighted by Gasteiger charge is 2.42. The Kier molecular flexibility index (Phi) is 3.09. The third-order valence-electron chi connectivity index (χ3n) is 5.05. The van der Waals surface area contributed by atoms with Crippen LogP contribution < -0.4 is 5.32 Å². The summed E-state index contributed by atoms with van der Waals surface area (Å²) >= 11 is 0. The molecule has 1 saturated heterocycles. The van der Waals surface area contributed by atoms with E-state index in [1.807, 2.05) is 12.3 Å². The molecule has 3 N–H and O–H groups in total. The summed E-state index contributed by atoms with van der Waals surface area (Å²) in [5.74, 6) is 0.632. The first-order valence-electron chi connectivity index (χ1n) is 8.27. The second-order valence-corrected chi connectivity index (χ2v) is 6.58. The molecule has 0 spiro atoms. The summed E-state index contributed by atoms with van der Waals surface area (Å²) in [5, 5.41) is 33.6. The summed E-state index contributed by atoms with van der Waals surface area (Å²) in [6.45, 7) is 1.72. The Labute approximate surface area is 148 Å². The smallest absolute Gasteiger partial charge is 0.164 e. The number of nitrogens with one attached hydrogen (secondary N) is 1. The summed E-state index contributed by atoms with van der Waals surface area (Å²) in [4.78, 5) is 8.68. The van der Waals surface area contributed by atoms with Crippen molar-refractivity contribution in [2.45, 2.75) is 31.5 Å². The molecule has 0 radical (unpaired) electrons. The van der Waals surface area contributed by atoms with E-state index in [1.54, 1.807) is 23.6 Å². The van der Waals surface area contributed by atoms with Crippen LogP contribution in [0.1, 0.15) is 18.7 Å². The molecule has 130 valence electrons. The zero-order valence-electron chi connectivity index (χ0n) is 13.8. The number of hydrogen-bond donors (Lipinski definition) is 3. The fourth-order valence-corrected chi connectivity index (χ4v) is 3.71. The molecule has 8 heteroatoms. The van der Waals surface area contributed by atoms with Gasteiger partial charge in [-0.25, -0.2) is 9.97 Å². The number of aromatic nitrogens is 3. The quantitative estimate of drug-likeness (QED) is 0.478. The molecule has 4 heterocycles. The molecule has 1 fully saturated rings. The molecule has 5 rings (SSSR count). The number of aliphatic hydroxyl groups is 2. The molecule has 2 aliphatic rings. The summed E-state index contributed by atoms with van der Waals surface area (Å²) in [7, 11) is 0. The van der Waals surface area contributed by atoms with Crippen LogP contribution in [0.4, 0.5) is 11.5 Å². The van der Waals surface area contributed by atoms with Gasteiger partial charge in [-0.05, 0) is 19.1 Å². The summed E-state index contributed by atoms with van der Waals surface area (Å²) in [5.41, 5.74) is 3.75. The second kappa shape index (κ2) is 5.25. The van der Waals surface area contributed by atoms with Gasteiger partial charge in [0.25, 0.3) is 0 Å². The number of aliphatic hydroxyl groups excluding tert-OH is 2. The monoisotopic (exact) mass is 349 g/mol. The van der Waals surface area contributed by atoms with Crippen molar-refractivity contribution in [3.05, 3.63) is 36.3 Å². The Hall–Kier alpha value is -2.99. The molecule has 8 nitrogen and oxygen atoms in total. The van der Waals surface area contributed by atoms with Gasteiger partial charge in [0.15, 0.2) is 6.23 Å². The lowest BCUT2D eigenvalue weighted by molar-refractivity contribution is -0.0295. The van der Waals surface area contributed by atoms with Crippen molar-refractivity contribution in [2.75, 3.05) is 5.32 Å². The normalized spacial score (nSPS) is 26.4. The van der Waals surface area contributed by atoms with E-state index in [0.29, 0.717) is 17.0 Å². The Balaban J connectivity index is 1.74. The van der Waals surface area contributed by atoms with Gasteiger partial charge in [0.05, 0.1) is 23.1 Å². The SMILES string of the molecule is C[C@H]1O[C@@H](n2cc3c4c(ncnc42)Nc2cc(C#N)ccc2-3)[C@H](O)[C@@H]1O. The van der Waals surface area contributed by atoms with E-state index in [-0.39, 0.29) is 0 Å². The summed E-state index contributed by atoms with van der Waals surface area (Å²) in [6.07, 6.45) is 0.0557. The van der Waals surface area contributed by atoms with Crippen LogP contribution in [0.5, 0.6) is 0 Å². The van der Waals surface area contributed by atoms with E-state index in [1.165, 1.54) is 6.33 Å². The Morgan fingerprint density at radius 1 is 1.23 bits per heavy atom. The molecule has 1 aromatic carbocycles. The van der Waals surface area contributed by atoms with E-state index in [4.69, 9.17) is 10.00 Å². The molecular weight excluding hydrogens is 334 g/mol. The van der Waals surface area contributed by atoms with Gasteiger partial charge in [0, 0.05) is 23.0 Å². The number of nitrogens with zero attached hydrogens (tertiary/aromatic N) is 4. The molecule has 3 aromatic rings. The number of rotatable bonds is 1. The summed E-state index contributed by atoms with van der Waals surface area (Å²) in [6, 6.07) is 7.54. The number of ether oxygens (including phenoxy) is 1. The topological polar surface area (TPSA) is 116 Å². The maximum atomic E-state index is 10.4. The predicted molar refractivity (Wildman–Crippen MR) is 92.6 cm³/mol. The molecule has 0 aliphatic carbocycles. The zero-order valence-corrected chi connectivity index (χ0v) is 13.8. The largest absolute Gasteiger partial charge is 0.388 e. The van der Waals surface area contributed by atoms with Crippen molar-refractivity contribution in [3.63, 3.8) is 0 Å². The van der Waals surface area contributed by atoms with Crippen molar-refractivity contribution in [1.29, 1.82) is 5.26 Å². The molecule has 26 heavy (non-hydrogen) atoms. The highest BCUT2D eigenvalue weighted by Crippen LogP contribution is 2.45. The van der Waals surface area contributed by atoms with E-state index in [2.05, 4.69) is 21.4 Å². The number of anilines is 2. The van der Waals surface area contributed by atoms with E-state index >= 15 is 0 Å². The number of nitriles is 1. The molecule has 2 aliphatic heterocycles. The number of benzene rings is 1. The fraction of sp³-hybridized carbons (Fsp3) is 0.278. The lowest BCUT2D eigenvalue weighted by Crippen LogP contribution is -2.30. The van der Waals surface area contributed by atoms with Crippen molar-refractivity contribution in [3.8, 4) is 17.2 Å². The van der Waals surface area contributed by atoms with Crippen LogP contribution >= 0.6 is 0 Å². The third kappa shape index (κ3) is 1.93. The minimum atomic E-state index is -1.05. The van der Waals surface area contributed by atoms with E-state index < -0.39 is 24.5 Å². The minimum Gasteiger partial charge on any atom is -0.388 e. The van der Waals surface area contributed by atoms with Gasteiger partial charge < -0.3 is 24.8 Å². The first-order valence-corrected chi connectivity index (χ1v) is 8.27. The van der Waals surface area contributed by atoms with Crippen molar-refractivity contribution >= 4 is 22.5 Å². The average Bonchev–Trinajstić information content (AvgIpc) is 3.16. The van der Waals surface area contributed by atoms with Crippen molar-refractivity contribution in [1.82, 2.24) is 14.5 Å². The molecule has 0 saturated carbocycles. The van der Waals surface area contributed by atoms with Crippen LogP contribution in [0.3, 0.4) is 0 Å². The van der Waals surface area contributed by atoms with Crippen molar-refractivity contribution in [2.24, 2.45) is 0 Å². The van der Waals surface area contributed by atoms with E-state index in [0.717, 1.165) is 22.2 Å². The zero-order chi connectivity index (χ0) is 18.0. The van der Waals surface area contributed by atoms with Gasteiger partial charge >= 0.3 is 0 Å². The molecule has 0 unspecified atom stereocenters. The van der Waals surface area contributed by atoms with Gasteiger partial charge in [-0.1, -0.05) is 6.07 Å². The molecule has 0 bridgehead atoms. The standard InChI is InChI=1S/C18H15N5O3/c1-8-14(24)15(25)18(26-8)23-6-11-10-3-2-9(5-19)4-12(10)22-16-13(11)17(23)21-7-20-16/h2-4,6-8,14-15,18,24-25H,1H3,(H,20,21,22)/t8-,14-,15-,18-/m1/s1. The number of fused-ring (bicyclic) bond motifs is 2. The van der Waals surface area contributed by atoms with Crippen LogP contribution in [0, 0.1) is 11.3 Å². The van der Waals surface area contributed by atoms with Crippen LogP contribution in [0.15, 0.2) is 30.7 Å². The van der Waals surface area contributed by atoms with Gasteiger partial charge in [-0.3, -0.25) is 0 Å². The van der Waals surface area contributed by atoms with Crippen LogP contribution in [0.25, 0.3) is 22.2 Å². The minimum absolute atomic E-state index is 0.481. The van der Waals surface area contributed by atoms with Crippen molar-refractivity contribution < 1.29 is 14.9 Å². The highest BCUT2D eigenvalue weighted by molar-refractivity contribution is 6.08. The van der Waals surface area contributed by atoms with Crippen LogP contribution in [-0.4, -0.2) is 43.1 Å². The molecular formula is C18H15N5O3. The van der Waals surface area contributed by atoms with Gasteiger partial charge in [-0.15, -0.1) is 0 Å². The first kappa shape index (κ1) is 15.3. The van der Waals surface area contributed by atoms with Crippen LogP contribution in [0.2, 0.25) is 0 Å². The van der Waals surface area contributed by atoms with Gasteiger partial charge in [-0.2, -0.15) is 5.26 Å². The number of hydrogen-bond acceptors (Lipinski definition) is 7. The highest BCUT2D eigenvalue weighted by atomic mass is 16.6. The molecule has 4 atom stereocenters. The molecule has 2 aromatic heterocycles.